The van der Waals surface area contributed by atoms with Crippen molar-refractivity contribution >= 4 is 9.24 Å². The van der Waals surface area contributed by atoms with Gasteiger partial charge in [-0.05, 0) is 6.07 Å². The number of hydrogen-bond donors (Lipinski definition) is 0. The molecule has 0 amide bonds. The van der Waals surface area contributed by atoms with Crippen LogP contribution in [-0.2, 0) is 12.1 Å². The number of nitrogens with zero attached hydrogens (tertiary/aromatic N) is 4. The number of hydrogen-bond acceptors (Lipinski definition) is 4. The first kappa shape index (κ1) is 11.4. The molecule has 0 bridgehead atoms. The third-order valence-electron chi connectivity index (χ3n) is 1.45. The predicted octanol–water partition coefficient (Wildman–Crippen LogP) is 1.34. The van der Waals surface area contributed by atoms with Crippen molar-refractivity contribution in [2.75, 3.05) is 0 Å². The second-order valence-electron chi connectivity index (χ2n) is 2.64. The maximum absolute atomic E-state index is 12.8. The lowest BCUT2D eigenvalue weighted by Crippen LogP contribution is -2.11. The van der Waals surface area contributed by atoms with Crippen LogP contribution in [0.2, 0.25) is 0 Å². The summed E-state index contributed by atoms with van der Waals surface area (Å²) in [4.78, 5) is 6.84. The molecule has 1 aromatic rings. The Morgan fingerprint density at radius 1 is 1.40 bits per heavy atom. The van der Waals surface area contributed by atoms with Crippen molar-refractivity contribution in [3.63, 3.8) is 0 Å². The van der Waals surface area contributed by atoms with Crippen molar-refractivity contribution in [3.8, 4) is 12.1 Å². The molecule has 0 aliphatic rings. The highest BCUT2D eigenvalue weighted by molar-refractivity contribution is 7.17. The molecule has 0 N–H and O–H groups in total. The zero-order valence-electron chi connectivity index (χ0n) is 7.41. The van der Waals surface area contributed by atoms with Crippen molar-refractivity contribution in [2.24, 2.45) is 0 Å². The average Bonchev–Trinajstić information content (AvgIpc) is 2.16. The van der Waals surface area contributed by atoms with E-state index in [9.17, 15) is 8.78 Å². The third kappa shape index (κ3) is 2.90. The molecule has 76 valence electrons. The molecule has 1 atom stereocenters. The van der Waals surface area contributed by atoms with Crippen LogP contribution in [0, 0.1) is 22.7 Å². The minimum atomic E-state index is -3.29. The molecule has 0 fully saturated rings. The van der Waals surface area contributed by atoms with E-state index < -0.39 is 11.5 Å². The molecule has 1 heterocycles. The van der Waals surface area contributed by atoms with E-state index in [4.69, 9.17) is 10.5 Å². The molecule has 0 aliphatic carbocycles. The first-order valence-corrected chi connectivity index (χ1v) is 4.37. The van der Waals surface area contributed by atoms with E-state index in [1.807, 2.05) is 0 Å². The van der Waals surface area contributed by atoms with Crippen LogP contribution in [0.15, 0.2) is 6.07 Å². The highest BCUT2D eigenvalue weighted by Crippen LogP contribution is 2.32. The minimum absolute atomic E-state index is 0.112. The minimum Gasteiger partial charge on any atom is -0.231 e. The zero-order valence-corrected chi connectivity index (χ0v) is 8.56. The van der Waals surface area contributed by atoms with Crippen molar-refractivity contribution in [2.45, 2.75) is 12.1 Å². The molecule has 1 aromatic heterocycles. The van der Waals surface area contributed by atoms with Gasteiger partial charge in [0.25, 0.3) is 0 Å². The van der Waals surface area contributed by atoms with Crippen molar-refractivity contribution < 1.29 is 8.78 Å². The first-order valence-electron chi connectivity index (χ1n) is 3.79. The summed E-state index contributed by atoms with van der Waals surface area (Å²) in [7, 11) is 1.28. The molecule has 0 saturated heterocycles. The van der Waals surface area contributed by atoms with Gasteiger partial charge in [0.1, 0.15) is 11.8 Å². The fourth-order valence-electron chi connectivity index (χ4n) is 0.875. The molecule has 0 aromatic carbocycles. The van der Waals surface area contributed by atoms with E-state index >= 15 is 0 Å². The lowest BCUT2D eigenvalue weighted by molar-refractivity contribution is 0.0926. The molecular formula is C8H5F2N4P. The summed E-state index contributed by atoms with van der Waals surface area (Å²) in [6.45, 7) is 0. The highest BCUT2D eigenvalue weighted by Gasteiger charge is 2.29. The number of halogens is 2. The second kappa shape index (κ2) is 4.25. The Morgan fingerprint density at radius 3 is 2.53 bits per heavy atom. The number of alkyl halides is 2. The van der Waals surface area contributed by atoms with Gasteiger partial charge in [-0.15, -0.1) is 0 Å². The molecule has 1 rings (SSSR count). The summed E-state index contributed by atoms with van der Waals surface area (Å²) in [5, 5.41) is 16.9. The van der Waals surface area contributed by atoms with Crippen LogP contribution in [0.25, 0.3) is 0 Å². The monoisotopic (exact) mass is 226 g/mol. The van der Waals surface area contributed by atoms with Crippen molar-refractivity contribution in [3.05, 3.63) is 23.3 Å². The summed E-state index contributed by atoms with van der Waals surface area (Å²) in [6.07, 6.45) is -0.134. The molecule has 1 unspecified atom stereocenters. The molecule has 7 heteroatoms. The Labute approximate surface area is 86.8 Å². The van der Waals surface area contributed by atoms with E-state index in [-0.39, 0.29) is 17.8 Å². The van der Waals surface area contributed by atoms with Gasteiger partial charge >= 0.3 is 5.66 Å². The number of rotatable bonds is 2. The van der Waals surface area contributed by atoms with Crippen LogP contribution in [0.1, 0.15) is 17.2 Å². The van der Waals surface area contributed by atoms with Crippen LogP contribution >= 0.6 is 9.24 Å². The fraction of sp³-hybridized carbons (Fsp3) is 0.250. The van der Waals surface area contributed by atoms with Gasteiger partial charge in [-0.2, -0.15) is 19.3 Å². The highest BCUT2D eigenvalue weighted by atomic mass is 31.0. The molecule has 0 radical (unpaired) electrons. The van der Waals surface area contributed by atoms with Gasteiger partial charge < -0.3 is 0 Å². The summed E-state index contributed by atoms with van der Waals surface area (Å²) in [5.41, 5.74) is -3.36. The van der Waals surface area contributed by atoms with E-state index in [0.717, 1.165) is 0 Å². The molecule has 0 spiro atoms. The Balaban J connectivity index is 3.26. The second-order valence-corrected chi connectivity index (χ2v) is 3.36. The van der Waals surface area contributed by atoms with Crippen molar-refractivity contribution in [1.82, 2.24) is 9.97 Å². The summed E-state index contributed by atoms with van der Waals surface area (Å²) in [5.74, 6) is -0.767. The van der Waals surface area contributed by atoms with E-state index in [1.165, 1.54) is 15.3 Å². The Morgan fingerprint density at radius 2 is 2.07 bits per heavy atom. The summed E-state index contributed by atoms with van der Waals surface area (Å²) < 4.78 is 25.7. The number of nitriles is 2. The summed E-state index contributed by atoms with van der Waals surface area (Å²) >= 11 is 0. The van der Waals surface area contributed by atoms with Crippen LogP contribution < -0.4 is 0 Å². The van der Waals surface area contributed by atoms with Crippen molar-refractivity contribution in [1.29, 1.82) is 10.5 Å². The fourth-order valence-corrected chi connectivity index (χ4v) is 1.00. The Hall–Kier alpha value is -1.65. The van der Waals surface area contributed by atoms with Crippen LogP contribution in [-0.4, -0.2) is 9.97 Å². The van der Waals surface area contributed by atoms with Gasteiger partial charge in [-0.25, -0.2) is 9.97 Å². The van der Waals surface area contributed by atoms with Gasteiger partial charge in [0.05, 0.1) is 18.2 Å². The van der Waals surface area contributed by atoms with Gasteiger partial charge in [-0.1, -0.05) is 9.24 Å². The Kier molecular flexibility index (Phi) is 3.24. The van der Waals surface area contributed by atoms with Crippen LogP contribution in [0.4, 0.5) is 8.78 Å². The lowest BCUT2D eigenvalue weighted by Gasteiger charge is -2.08. The van der Waals surface area contributed by atoms with E-state index in [0.29, 0.717) is 0 Å². The Bertz CT molecular complexity index is 455. The van der Waals surface area contributed by atoms with E-state index in [1.54, 1.807) is 12.1 Å². The molecular weight excluding hydrogens is 221 g/mol. The van der Waals surface area contributed by atoms with E-state index in [2.05, 4.69) is 9.97 Å². The topological polar surface area (TPSA) is 73.4 Å². The standard InChI is InChI=1S/C8H5F2N4P/c9-8(10,15)7-13-5(1-2-11)3-6(4-12)14-7/h3H,1,15H2. The summed E-state index contributed by atoms with van der Waals surface area (Å²) in [6, 6.07) is 4.61. The van der Waals surface area contributed by atoms with Crippen LogP contribution in [0.3, 0.4) is 0 Å². The molecule has 0 aliphatic heterocycles. The predicted molar refractivity (Wildman–Crippen MR) is 49.7 cm³/mol. The SMILES string of the molecule is N#CCc1cc(C#N)nc(C(F)(F)P)n1. The maximum atomic E-state index is 12.8. The van der Waals surface area contributed by atoms with Crippen LogP contribution in [0.5, 0.6) is 0 Å². The molecule has 0 saturated carbocycles. The number of aromatic nitrogens is 2. The lowest BCUT2D eigenvalue weighted by atomic mass is 10.2. The smallest absolute Gasteiger partial charge is 0.231 e. The zero-order chi connectivity index (χ0) is 11.5. The van der Waals surface area contributed by atoms with Gasteiger partial charge in [0, 0.05) is 0 Å². The first-order chi connectivity index (χ1) is 6.97. The molecule has 4 nitrogen and oxygen atoms in total. The third-order valence-corrected chi connectivity index (χ3v) is 1.71. The van der Waals surface area contributed by atoms with Gasteiger partial charge in [0.15, 0.2) is 0 Å². The molecule has 15 heavy (non-hydrogen) atoms. The normalized spacial score (nSPS) is 10.5. The van der Waals surface area contributed by atoms with Gasteiger partial charge in [-0.3, -0.25) is 0 Å². The largest absolute Gasteiger partial charge is 0.317 e. The average molecular weight is 226 g/mol. The maximum Gasteiger partial charge on any atom is 0.317 e. The quantitative estimate of drug-likeness (QED) is 0.713. The van der Waals surface area contributed by atoms with Gasteiger partial charge in [0.2, 0.25) is 5.82 Å².